The zero-order valence-corrected chi connectivity index (χ0v) is 6.68. The third-order valence-corrected chi connectivity index (χ3v) is 2.10. The summed E-state index contributed by atoms with van der Waals surface area (Å²) < 4.78 is 0. The smallest absolute Gasteiger partial charge is 0.217 e. The maximum Gasteiger partial charge on any atom is 0.217 e. The van der Waals surface area contributed by atoms with Crippen molar-refractivity contribution in [2.75, 3.05) is 0 Å². The minimum atomic E-state index is 0.110. The number of rotatable bonds is 1. The molecule has 0 radical (unpaired) electrons. The van der Waals surface area contributed by atoms with Gasteiger partial charge >= 0.3 is 0 Å². The van der Waals surface area contributed by atoms with Crippen molar-refractivity contribution in [3.05, 3.63) is 0 Å². The molecule has 0 aromatic rings. The SMILES string of the molecule is CC(=O)N[C@H]1CC[C@H](C)C1. The Hall–Kier alpha value is -0.530. The fourth-order valence-corrected chi connectivity index (χ4v) is 1.63. The van der Waals surface area contributed by atoms with Crippen molar-refractivity contribution in [2.24, 2.45) is 5.92 Å². The van der Waals surface area contributed by atoms with E-state index in [4.69, 9.17) is 0 Å². The Morgan fingerprint density at radius 3 is 2.60 bits per heavy atom. The quantitative estimate of drug-likeness (QED) is 0.586. The molecule has 0 bridgehead atoms. The molecule has 2 heteroatoms. The zero-order chi connectivity index (χ0) is 7.56. The summed E-state index contributed by atoms with van der Waals surface area (Å²) in [5, 5.41) is 2.93. The van der Waals surface area contributed by atoms with Crippen LogP contribution in [0.5, 0.6) is 0 Å². The van der Waals surface area contributed by atoms with Gasteiger partial charge in [-0.05, 0) is 25.2 Å². The van der Waals surface area contributed by atoms with Crippen molar-refractivity contribution in [1.82, 2.24) is 5.32 Å². The van der Waals surface area contributed by atoms with Crippen LogP contribution in [0.2, 0.25) is 0 Å². The molecule has 1 rings (SSSR count). The summed E-state index contributed by atoms with van der Waals surface area (Å²) in [6.07, 6.45) is 3.60. The van der Waals surface area contributed by atoms with Crippen molar-refractivity contribution >= 4 is 5.91 Å². The summed E-state index contributed by atoms with van der Waals surface area (Å²) in [5.74, 6) is 0.913. The molecule has 0 unspecified atom stereocenters. The summed E-state index contributed by atoms with van der Waals surface area (Å²) in [7, 11) is 0. The Kier molecular flexibility index (Phi) is 2.30. The molecule has 0 spiro atoms. The maximum absolute atomic E-state index is 10.6. The van der Waals surface area contributed by atoms with Gasteiger partial charge in [-0.15, -0.1) is 0 Å². The van der Waals surface area contributed by atoms with Gasteiger partial charge in [0.05, 0.1) is 0 Å². The minimum Gasteiger partial charge on any atom is -0.354 e. The highest BCUT2D eigenvalue weighted by Crippen LogP contribution is 2.24. The predicted molar refractivity (Wildman–Crippen MR) is 40.6 cm³/mol. The van der Waals surface area contributed by atoms with Crippen molar-refractivity contribution in [1.29, 1.82) is 0 Å². The first-order chi connectivity index (χ1) is 4.68. The van der Waals surface area contributed by atoms with Gasteiger partial charge < -0.3 is 5.32 Å². The fourth-order valence-electron chi connectivity index (χ4n) is 1.63. The number of carbonyl (C=O) groups is 1. The number of carbonyl (C=O) groups excluding carboxylic acids is 1. The molecule has 0 saturated heterocycles. The molecule has 10 heavy (non-hydrogen) atoms. The van der Waals surface area contributed by atoms with E-state index < -0.39 is 0 Å². The van der Waals surface area contributed by atoms with Crippen LogP contribution in [-0.2, 0) is 4.79 Å². The average Bonchev–Trinajstić information content (AvgIpc) is 2.13. The molecule has 1 saturated carbocycles. The Balaban J connectivity index is 2.24. The second-order valence-corrected chi connectivity index (χ2v) is 3.32. The molecule has 1 aliphatic rings. The van der Waals surface area contributed by atoms with Crippen molar-refractivity contribution in [3.63, 3.8) is 0 Å². The lowest BCUT2D eigenvalue weighted by molar-refractivity contribution is -0.119. The van der Waals surface area contributed by atoms with Crippen LogP contribution in [0.3, 0.4) is 0 Å². The van der Waals surface area contributed by atoms with Gasteiger partial charge in [-0.2, -0.15) is 0 Å². The van der Waals surface area contributed by atoms with E-state index in [1.54, 1.807) is 6.92 Å². The lowest BCUT2D eigenvalue weighted by Crippen LogP contribution is -2.30. The monoisotopic (exact) mass is 141 g/mol. The van der Waals surface area contributed by atoms with Gasteiger partial charge in [0.15, 0.2) is 0 Å². The Morgan fingerprint density at radius 1 is 1.50 bits per heavy atom. The summed E-state index contributed by atoms with van der Waals surface area (Å²) in [6, 6.07) is 0.465. The van der Waals surface area contributed by atoms with E-state index >= 15 is 0 Å². The molecule has 1 aliphatic carbocycles. The van der Waals surface area contributed by atoms with Crippen LogP contribution >= 0.6 is 0 Å². The van der Waals surface area contributed by atoms with E-state index in [2.05, 4.69) is 12.2 Å². The van der Waals surface area contributed by atoms with Crippen LogP contribution in [0.15, 0.2) is 0 Å². The van der Waals surface area contributed by atoms with E-state index in [9.17, 15) is 4.79 Å². The first-order valence-electron chi connectivity index (χ1n) is 3.95. The molecule has 58 valence electrons. The van der Waals surface area contributed by atoms with E-state index in [-0.39, 0.29) is 5.91 Å². The normalized spacial score (nSPS) is 32.2. The fraction of sp³-hybridized carbons (Fsp3) is 0.875. The maximum atomic E-state index is 10.6. The van der Waals surface area contributed by atoms with Gasteiger partial charge in [0.25, 0.3) is 0 Å². The zero-order valence-electron chi connectivity index (χ0n) is 6.68. The van der Waals surface area contributed by atoms with Gasteiger partial charge in [0, 0.05) is 13.0 Å². The molecule has 1 N–H and O–H groups in total. The average molecular weight is 141 g/mol. The Bertz CT molecular complexity index is 133. The van der Waals surface area contributed by atoms with Crippen LogP contribution in [0.1, 0.15) is 33.1 Å². The number of hydrogen-bond acceptors (Lipinski definition) is 1. The molecule has 1 amide bonds. The summed E-state index contributed by atoms with van der Waals surface area (Å²) in [4.78, 5) is 10.6. The second kappa shape index (κ2) is 3.04. The van der Waals surface area contributed by atoms with Crippen LogP contribution < -0.4 is 5.32 Å². The lowest BCUT2D eigenvalue weighted by Gasteiger charge is -2.09. The molecule has 0 aromatic heterocycles. The van der Waals surface area contributed by atoms with Gasteiger partial charge in [-0.1, -0.05) is 6.92 Å². The minimum absolute atomic E-state index is 0.110. The molecule has 0 aromatic carbocycles. The number of amides is 1. The Labute approximate surface area is 62.0 Å². The number of hydrogen-bond donors (Lipinski definition) is 1. The van der Waals surface area contributed by atoms with Crippen molar-refractivity contribution in [3.8, 4) is 0 Å². The van der Waals surface area contributed by atoms with E-state index in [1.165, 1.54) is 19.3 Å². The lowest BCUT2D eigenvalue weighted by atomic mass is 10.1. The second-order valence-electron chi connectivity index (χ2n) is 3.32. The topological polar surface area (TPSA) is 29.1 Å². The molecular formula is C8H15NO. The third kappa shape index (κ3) is 2.01. The highest BCUT2D eigenvalue weighted by Gasteiger charge is 2.21. The number of nitrogens with one attached hydrogen (secondary N) is 1. The Morgan fingerprint density at radius 2 is 2.20 bits per heavy atom. The van der Waals surface area contributed by atoms with Crippen LogP contribution in [0, 0.1) is 5.92 Å². The third-order valence-electron chi connectivity index (χ3n) is 2.10. The van der Waals surface area contributed by atoms with Gasteiger partial charge in [0.1, 0.15) is 0 Å². The predicted octanol–water partition coefficient (Wildman–Crippen LogP) is 1.31. The van der Waals surface area contributed by atoms with E-state index in [0.717, 1.165) is 5.92 Å². The summed E-state index contributed by atoms with van der Waals surface area (Å²) in [6.45, 7) is 3.82. The van der Waals surface area contributed by atoms with Gasteiger partial charge in [-0.3, -0.25) is 4.79 Å². The van der Waals surface area contributed by atoms with Crippen LogP contribution in [0.4, 0.5) is 0 Å². The van der Waals surface area contributed by atoms with Gasteiger partial charge in [0.2, 0.25) is 5.91 Å². The van der Waals surface area contributed by atoms with Crippen LogP contribution in [-0.4, -0.2) is 11.9 Å². The standard InChI is InChI=1S/C8H15NO/c1-6-3-4-8(5-6)9-7(2)10/h6,8H,3-5H2,1-2H3,(H,9,10)/t6-,8-/m0/s1. The molecule has 0 aliphatic heterocycles. The first kappa shape index (κ1) is 7.58. The largest absolute Gasteiger partial charge is 0.354 e. The van der Waals surface area contributed by atoms with E-state index in [0.29, 0.717) is 6.04 Å². The van der Waals surface area contributed by atoms with Gasteiger partial charge in [-0.25, -0.2) is 0 Å². The molecular weight excluding hydrogens is 126 g/mol. The molecule has 2 nitrogen and oxygen atoms in total. The highest BCUT2D eigenvalue weighted by molar-refractivity contribution is 5.73. The first-order valence-corrected chi connectivity index (χ1v) is 3.95. The van der Waals surface area contributed by atoms with E-state index in [1.807, 2.05) is 0 Å². The molecule has 0 heterocycles. The van der Waals surface area contributed by atoms with Crippen molar-refractivity contribution in [2.45, 2.75) is 39.2 Å². The van der Waals surface area contributed by atoms with Crippen LogP contribution in [0.25, 0.3) is 0 Å². The molecule has 2 atom stereocenters. The van der Waals surface area contributed by atoms with Crippen molar-refractivity contribution < 1.29 is 4.79 Å². The molecule has 1 fully saturated rings. The highest BCUT2D eigenvalue weighted by atomic mass is 16.1. The summed E-state index contributed by atoms with van der Waals surface area (Å²) >= 11 is 0. The summed E-state index contributed by atoms with van der Waals surface area (Å²) in [5.41, 5.74) is 0.